The molecule has 1 aliphatic carbocycles. The Labute approximate surface area is 72.4 Å². The van der Waals surface area contributed by atoms with Crippen molar-refractivity contribution in [1.82, 2.24) is 0 Å². The molecule has 12 heavy (non-hydrogen) atoms. The lowest BCUT2D eigenvalue weighted by Gasteiger charge is -2.19. The van der Waals surface area contributed by atoms with Gasteiger partial charge < -0.3 is 9.47 Å². The van der Waals surface area contributed by atoms with Crippen LogP contribution in [-0.2, 0) is 9.47 Å². The summed E-state index contributed by atoms with van der Waals surface area (Å²) in [6, 6.07) is 0. The SMILES string of the molecule is COC(=O)OC1C=CC(C)CC1. The summed E-state index contributed by atoms with van der Waals surface area (Å²) in [6.45, 7) is 2.14. The molecule has 3 nitrogen and oxygen atoms in total. The van der Waals surface area contributed by atoms with Crippen LogP contribution in [0.4, 0.5) is 4.79 Å². The maximum absolute atomic E-state index is 10.7. The molecule has 0 saturated heterocycles. The molecule has 68 valence electrons. The van der Waals surface area contributed by atoms with Crippen LogP contribution < -0.4 is 0 Å². The van der Waals surface area contributed by atoms with Gasteiger partial charge in [0.1, 0.15) is 6.10 Å². The zero-order valence-electron chi connectivity index (χ0n) is 7.45. The quantitative estimate of drug-likeness (QED) is 0.446. The second-order valence-corrected chi connectivity index (χ2v) is 3.05. The lowest BCUT2D eigenvalue weighted by Crippen LogP contribution is -2.19. The highest BCUT2D eigenvalue weighted by Gasteiger charge is 2.16. The van der Waals surface area contributed by atoms with Crippen LogP contribution in [0.2, 0.25) is 0 Å². The standard InChI is InChI=1S/C9H14O3/c1-7-3-5-8(6-4-7)12-9(10)11-2/h3,5,7-8H,4,6H2,1-2H3. The van der Waals surface area contributed by atoms with Crippen LogP contribution in [0.5, 0.6) is 0 Å². The average molecular weight is 170 g/mol. The molecule has 0 aromatic heterocycles. The molecule has 0 saturated carbocycles. The van der Waals surface area contributed by atoms with E-state index in [1.54, 1.807) is 0 Å². The summed E-state index contributed by atoms with van der Waals surface area (Å²) in [7, 11) is 1.32. The van der Waals surface area contributed by atoms with Crippen LogP contribution >= 0.6 is 0 Å². The van der Waals surface area contributed by atoms with Crippen molar-refractivity contribution in [1.29, 1.82) is 0 Å². The Morgan fingerprint density at radius 2 is 2.17 bits per heavy atom. The Bertz CT molecular complexity index is 186. The van der Waals surface area contributed by atoms with E-state index in [9.17, 15) is 4.79 Å². The van der Waals surface area contributed by atoms with Crippen LogP contribution in [0.1, 0.15) is 19.8 Å². The fraction of sp³-hybridized carbons (Fsp3) is 0.667. The molecular weight excluding hydrogens is 156 g/mol. The Kier molecular flexibility index (Phi) is 3.14. The molecule has 1 aliphatic rings. The molecule has 0 aromatic rings. The molecule has 0 N–H and O–H groups in total. The van der Waals surface area contributed by atoms with Gasteiger partial charge in [0.05, 0.1) is 7.11 Å². The molecule has 0 fully saturated rings. The number of carbonyl (C=O) groups is 1. The van der Waals surface area contributed by atoms with Gasteiger partial charge in [-0.25, -0.2) is 4.79 Å². The van der Waals surface area contributed by atoms with E-state index in [1.807, 2.05) is 6.08 Å². The maximum Gasteiger partial charge on any atom is 0.508 e. The van der Waals surface area contributed by atoms with E-state index in [-0.39, 0.29) is 6.10 Å². The van der Waals surface area contributed by atoms with Gasteiger partial charge in [0.15, 0.2) is 0 Å². The van der Waals surface area contributed by atoms with Crippen molar-refractivity contribution in [3.05, 3.63) is 12.2 Å². The predicted octanol–water partition coefficient (Wildman–Crippen LogP) is 2.12. The summed E-state index contributed by atoms with van der Waals surface area (Å²) in [5.74, 6) is 0.600. The van der Waals surface area contributed by atoms with Gasteiger partial charge in [-0.1, -0.05) is 13.0 Å². The van der Waals surface area contributed by atoms with Gasteiger partial charge in [0.25, 0.3) is 0 Å². The van der Waals surface area contributed by atoms with Crippen molar-refractivity contribution >= 4 is 6.16 Å². The van der Waals surface area contributed by atoms with Crippen molar-refractivity contribution in [2.75, 3.05) is 7.11 Å². The van der Waals surface area contributed by atoms with Crippen molar-refractivity contribution < 1.29 is 14.3 Å². The number of carbonyl (C=O) groups excluding carboxylic acids is 1. The van der Waals surface area contributed by atoms with Gasteiger partial charge >= 0.3 is 6.16 Å². The Balaban J connectivity index is 2.35. The third-order valence-electron chi connectivity index (χ3n) is 1.98. The first-order valence-electron chi connectivity index (χ1n) is 4.15. The first-order chi connectivity index (χ1) is 5.72. The number of ether oxygens (including phenoxy) is 2. The van der Waals surface area contributed by atoms with Gasteiger partial charge in [-0.3, -0.25) is 0 Å². The molecular formula is C9H14O3. The Morgan fingerprint density at radius 3 is 2.67 bits per heavy atom. The normalized spacial score (nSPS) is 28.2. The summed E-state index contributed by atoms with van der Waals surface area (Å²) in [6.07, 6.45) is 5.26. The molecule has 0 heterocycles. The number of hydrogen-bond acceptors (Lipinski definition) is 3. The summed E-state index contributed by atoms with van der Waals surface area (Å²) < 4.78 is 9.33. The maximum atomic E-state index is 10.7. The van der Waals surface area contributed by atoms with Crippen molar-refractivity contribution in [3.8, 4) is 0 Å². The molecule has 1 rings (SSSR count). The van der Waals surface area contributed by atoms with Gasteiger partial charge in [0.2, 0.25) is 0 Å². The van der Waals surface area contributed by atoms with Crippen LogP contribution in [0.25, 0.3) is 0 Å². The lowest BCUT2D eigenvalue weighted by atomic mass is 9.96. The second kappa shape index (κ2) is 4.14. The fourth-order valence-electron chi connectivity index (χ4n) is 1.20. The van der Waals surface area contributed by atoms with Crippen LogP contribution in [0, 0.1) is 5.92 Å². The van der Waals surface area contributed by atoms with Crippen LogP contribution in [-0.4, -0.2) is 19.4 Å². The molecule has 0 aliphatic heterocycles. The summed E-state index contributed by atoms with van der Waals surface area (Å²) in [5.41, 5.74) is 0. The first kappa shape index (κ1) is 9.10. The molecule has 0 spiro atoms. The van der Waals surface area contributed by atoms with Gasteiger partial charge in [-0.2, -0.15) is 0 Å². The molecule has 0 amide bonds. The van der Waals surface area contributed by atoms with E-state index in [0.717, 1.165) is 12.8 Å². The van der Waals surface area contributed by atoms with E-state index in [2.05, 4.69) is 17.7 Å². The Morgan fingerprint density at radius 1 is 1.42 bits per heavy atom. The highest BCUT2D eigenvalue weighted by molar-refractivity contribution is 5.60. The smallest absolute Gasteiger partial charge is 0.438 e. The lowest BCUT2D eigenvalue weighted by molar-refractivity contribution is 0.0467. The van der Waals surface area contributed by atoms with Crippen molar-refractivity contribution in [2.24, 2.45) is 5.92 Å². The topological polar surface area (TPSA) is 35.5 Å². The second-order valence-electron chi connectivity index (χ2n) is 3.05. The number of methoxy groups -OCH3 is 1. The zero-order valence-corrected chi connectivity index (χ0v) is 7.45. The summed E-state index contributed by atoms with van der Waals surface area (Å²) in [5, 5.41) is 0. The summed E-state index contributed by atoms with van der Waals surface area (Å²) in [4.78, 5) is 10.7. The number of hydrogen-bond donors (Lipinski definition) is 0. The van der Waals surface area contributed by atoms with Crippen LogP contribution in [0.15, 0.2) is 12.2 Å². The minimum atomic E-state index is -0.598. The van der Waals surface area contributed by atoms with Gasteiger partial charge in [0, 0.05) is 0 Å². The molecule has 0 bridgehead atoms. The molecule has 0 radical (unpaired) electrons. The third-order valence-corrected chi connectivity index (χ3v) is 1.98. The minimum absolute atomic E-state index is 0.0892. The molecule has 2 unspecified atom stereocenters. The highest BCUT2D eigenvalue weighted by atomic mass is 16.7. The molecule has 0 aromatic carbocycles. The third kappa shape index (κ3) is 2.57. The van der Waals surface area contributed by atoms with E-state index in [0.29, 0.717) is 5.92 Å². The predicted molar refractivity (Wildman–Crippen MR) is 44.8 cm³/mol. The van der Waals surface area contributed by atoms with E-state index in [1.165, 1.54) is 7.11 Å². The summed E-state index contributed by atoms with van der Waals surface area (Å²) >= 11 is 0. The van der Waals surface area contributed by atoms with E-state index >= 15 is 0 Å². The van der Waals surface area contributed by atoms with Crippen LogP contribution in [0.3, 0.4) is 0 Å². The highest BCUT2D eigenvalue weighted by Crippen LogP contribution is 2.18. The van der Waals surface area contributed by atoms with E-state index in [4.69, 9.17) is 4.74 Å². The van der Waals surface area contributed by atoms with Crippen molar-refractivity contribution in [3.63, 3.8) is 0 Å². The first-order valence-corrected chi connectivity index (χ1v) is 4.15. The molecule has 2 atom stereocenters. The Hall–Kier alpha value is -0.990. The number of rotatable bonds is 1. The average Bonchev–Trinajstić information content (AvgIpc) is 2.09. The zero-order chi connectivity index (χ0) is 8.97. The molecule has 3 heteroatoms. The number of allylic oxidation sites excluding steroid dienone is 1. The van der Waals surface area contributed by atoms with Crippen molar-refractivity contribution in [2.45, 2.75) is 25.9 Å². The fourth-order valence-corrected chi connectivity index (χ4v) is 1.20. The monoisotopic (exact) mass is 170 g/mol. The van der Waals surface area contributed by atoms with Gasteiger partial charge in [-0.05, 0) is 24.8 Å². The van der Waals surface area contributed by atoms with Gasteiger partial charge in [-0.15, -0.1) is 0 Å². The minimum Gasteiger partial charge on any atom is -0.438 e. The van der Waals surface area contributed by atoms with E-state index < -0.39 is 6.16 Å². The largest absolute Gasteiger partial charge is 0.508 e.